The summed E-state index contributed by atoms with van der Waals surface area (Å²) in [5.74, 6) is -0.276. The highest BCUT2D eigenvalue weighted by Crippen LogP contribution is 2.30. The quantitative estimate of drug-likeness (QED) is 0.469. The molecule has 0 spiro atoms. The molecule has 122 valence electrons. The molecule has 1 aromatic heterocycles. The molecule has 0 aliphatic carbocycles. The molecule has 0 unspecified atom stereocenters. The van der Waals surface area contributed by atoms with E-state index < -0.39 is 0 Å². The van der Waals surface area contributed by atoms with Gasteiger partial charge in [0.2, 0.25) is 0 Å². The highest BCUT2D eigenvalue weighted by atomic mass is 32.1. The standard InChI is InChI=1S/C21H20O2S/c1-3-18-14-19-16(10-7-11-20(19)24-18)13-17(21(22)23-2)12-15-8-5-4-6-9-15/h4-11,13-14H,3,12H2,1-2H3. The summed E-state index contributed by atoms with van der Waals surface area (Å²) in [4.78, 5) is 13.6. The highest BCUT2D eigenvalue weighted by molar-refractivity contribution is 7.19. The average molecular weight is 336 g/mol. The van der Waals surface area contributed by atoms with E-state index in [9.17, 15) is 4.79 Å². The first-order valence-corrected chi connectivity index (χ1v) is 8.87. The Balaban J connectivity index is 2.04. The summed E-state index contributed by atoms with van der Waals surface area (Å²) in [7, 11) is 1.43. The molecular formula is C21H20O2S. The van der Waals surface area contributed by atoms with Crippen LogP contribution in [0.15, 0.2) is 60.2 Å². The van der Waals surface area contributed by atoms with Crippen LogP contribution in [0.5, 0.6) is 0 Å². The van der Waals surface area contributed by atoms with Crippen LogP contribution in [0, 0.1) is 0 Å². The van der Waals surface area contributed by atoms with Gasteiger partial charge in [-0.1, -0.05) is 49.4 Å². The third-order valence-electron chi connectivity index (χ3n) is 4.01. The van der Waals surface area contributed by atoms with Gasteiger partial charge in [-0.05, 0) is 41.1 Å². The molecule has 24 heavy (non-hydrogen) atoms. The lowest BCUT2D eigenvalue weighted by Gasteiger charge is -2.07. The van der Waals surface area contributed by atoms with Crippen molar-refractivity contribution in [2.75, 3.05) is 7.11 Å². The first kappa shape index (κ1) is 16.5. The third kappa shape index (κ3) is 3.57. The summed E-state index contributed by atoms with van der Waals surface area (Å²) < 4.78 is 6.24. The van der Waals surface area contributed by atoms with Crippen molar-refractivity contribution in [3.05, 3.63) is 76.2 Å². The number of hydrogen-bond acceptors (Lipinski definition) is 3. The monoisotopic (exact) mass is 336 g/mol. The van der Waals surface area contributed by atoms with Crippen molar-refractivity contribution in [3.63, 3.8) is 0 Å². The van der Waals surface area contributed by atoms with Crippen LogP contribution >= 0.6 is 11.3 Å². The molecule has 0 radical (unpaired) electrons. The summed E-state index contributed by atoms with van der Waals surface area (Å²) in [6, 6.07) is 18.4. The van der Waals surface area contributed by atoms with E-state index in [1.807, 2.05) is 53.8 Å². The van der Waals surface area contributed by atoms with Crippen molar-refractivity contribution in [2.24, 2.45) is 0 Å². The highest BCUT2D eigenvalue weighted by Gasteiger charge is 2.12. The molecule has 0 aliphatic rings. The number of carbonyl (C=O) groups excluding carboxylic acids is 1. The SMILES string of the molecule is CCc1cc2c(C=C(Cc3ccccc3)C(=O)OC)cccc2s1. The average Bonchev–Trinajstić information content (AvgIpc) is 3.05. The van der Waals surface area contributed by atoms with Gasteiger partial charge in [-0.15, -0.1) is 11.3 Å². The van der Waals surface area contributed by atoms with E-state index in [0.717, 1.165) is 17.5 Å². The summed E-state index contributed by atoms with van der Waals surface area (Å²) in [5, 5.41) is 1.20. The van der Waals surface area contributed by atoms with Gasteiger partial charge in [0.05, 0.1) is 7.11 Å². The Labute approximate surface area is 146 Å². The Kier molecular flexibility index (Phi) is 5.11. The molecule has 0 bridgehead atoms. The molecule has 2 aromatic carbocycles. The molecule has 1 heterocycles. The first-order chi connectivity index (χ1) is 11.7. The van der Waals surface area contributed by atoms with Gasteiger partial charge < -0.3 is 4.74 Å². The second-order valence-corrected chi connectivity index (χ2v) is 6.82. The number of ether oxygens (including phenoxy) is 1. The van der Waals surface area contributed by atoms with Crippen LogP contribution in [-0.4, -0.2) is 13.1 Å². The number of hydrogen-bond donors (Lipinski definition) is 0. The summed E-state index contributed by atoms with van der Waals surface area (Å²) in [6.45, 7) is 2.16. The maximum absolute atomic E-state index is 12.2. The van der Waals surface area contributed by atoms with Crippen LogP contribution in [0.2, 0.25) is 0 Å². The van der Waals surface area contributed by atoms with Crippen LogP contribution in [0.1, 0.15) is 22.9 Å². The van der Waals surface area contributed by atoms with Crippen LogP contribution in [-0.2, 0) is 22.4 Å². The fraction of sp³-hybridized carbons (Fsp3) is 0.190. The van der Waals surface area contributed by atoms with E-state index in [4.69, 9.17) is 4.74 Å². The molecule has 0 saturated heterocycles. The molecule has 0 saturated carbocycles. The first-order valence-electron chi connectivity index (χ1n) is 8.05. The number of fused-ring (bicyclic) bond motifs is 1. The van der Waals surface area contributed by atoms with Gasteiger partial charge >= 0.3 is 5.97 Å². The Hall–Kier alpha value is -2.39. The Morgan fingerprint density at radius 1 is 1.12 bits per heavy atom. The fourth-order valence-corrected chi connectivity index (χ4v) is 3.79. The van der Waals surface area contributed by atoms with Gasteiger partial charge in [0, 0.05) is 21.6 Å². The minimum Gasteiger partial charge on any atom is -0.466 e. The largest absolute Gasteiger partial charge is 0.466 e. The van der Waals surface area contributed by atoms with Crippen molar-refractivity contribution in [3.8, 4) is 0 Å². The van der Waals surface area contributed by atoms with Gasteiger partial charge in [-0.25, -0.2) is 4.79 Å². The van der Waals surface area contributed by atoms with Crippen LogP contribution in [0.25, 0.3) is 16.2 Å². The van der Waals surface area contributed by atoms with E-state index in [1.54, 1.807) is 0 Å². The van der Waals surface area contributed by atoms with E-state index in [-0.39, 0.29) is 5.97 Å². The van der Waals surface area contributed by atoms with Gasteiger partial charge in [0.25, 0.3) is 0 Å². The lowest BCUT2D eigenvalue weighted by Crippen LogP contribution is -2.07. The van der Waals surface area contributed by atoms with E-state index >= 15 is 0 Å². The normalized spacial score (nSPS) is 11.7. The van der Waals surface area contributed by atoms with E-state index in [2.05, 4.69) is 25.1 Å². The topological polar surface area (TPSA) is 26.3 Å². The molecule has 0 aliphatic heterocycles. The Morgan fingerprint density at radius 3 is 2.62 bits per heavy atom. The molecule has 2 nitrogen and oxygen atoms in total. The molecule has 3 heteroatoms. The number of rotatable bonds is 5. The number of thiophene rings is 1. The number of benzene rings is 2. The fourth-order valence-electron chi connectivity index (χ4n) is 2.75. The van der Waals surface area contributed by atoms with Gasteiger partial charge in [-0.3, -0.25) is 0 Å². The van der Waals surface area contributed by atoms with Crippen molar-refractivity contribution in [1.82, 2.24) is 0 Å². The Bertz CT molecular complexity index is 875. The summed E-state index contributed by atoms with van der Waals surface area (Å²) >= 11 is 1.81. The zero-order valence-electron chi connectivity index (χ0n) is 13.9. The number of aryl methyl sites for hydroxylation is 1. The maximum atomic E-state index is 12.2. The number of methoxy groups -OCH3 is 1. The minimum atomic E-state index is -0.276. The molecule has 0 atom stereocenters. The zero-order valence-corrected chi connectivity index (χ0v) is 14.7. The predicted octanol–water partition coefficient (Wildman–Crippen LogP) is 5.26. The van der Waals surface area contributed by atoms with Gasteiger partial charge in [-0.2, -0.15) is 0 Å². The summed E-state index contributed by atoms with van der Waals surface area (Å²) in [5.41, 5.74) is 2.83. The van der Waals surface area contributed by atoms with Gasteiger partial charge in [0.1, 0.15) is 0 Å². The van der Waals surface area contributed by atoms with E-state index in [1.165, 1.54) is 22.1 Å². The van der Waals surface area contributed by atoms with Crippen molar-refractivity contribution in [1.29, 1.82) is 0 Å². The summed E-state index contributed by atoms with van der Waals surface area (Å²) in [6.07, 6.45) is 3.55. The predicted molar refractivity (Wildman–Crippen MR) is 101 cm³/mol. The zero-order chi connectivity index (χ0) is 16.9. The molecule has 0 fully saturated rings. The molecule has 3 aromatic rings. The second-order valence-electron chi connectivity index (χ2n) is 5.65. The van der Waals surface area contributed by atoms with Crippen LogP contribution in [0.4, 0.5) is 0 Å². The lowest BCUT2D eigenvalue weighted by atomic mass is 10.0. The van der Waals surface area contributed by atoms with Crippen molar-refractivity contribution < 1.29 is 9.53 Å². The van der Waals surface area contributed by atoms with Gasteiger partial charge in [0.15, 0.2) is 0 Å². The molecule has 0 amide bonds. The number of carbonyl (C=O) groups is 1. The third-order valence-corrected chi connectivity index (χ3v) is 5.25. The van der Waals surface area contributed by atoms with Crippen molar-refractivity contribution >= 4 is 33.5 Å². The number of esters is 1. The Morgan fingerprint density at radius 2 is 1.92 bits per heavy atom. The van der Waals surface area contributed by atoms with E-state index in [0.29, 0.717) is 12.0 Å². The molecule has 0 N–H and O–H groups in total. The smallest absolute Gasteiger partial charge is 0.334 e. The lowest BCUT2D eigenvalue weighted by molar-refractivity contribution is -0.136. The molecule has 3 rings (SSSR count). The second kappa shape index (κ2) is 7.45. The van der Waals surface area contributed by atoms with Crippen LogP contribution in [0.3, 0.4) is 0 Å². The minimum absolute atomic E-state index is 0.276. The van der Waals surface area contributed by atoms with Crippen molar-refractivity contribution in [2.45, 2.75) is 19.8 Å². The van der Waals surface area contributed by atoms with Crippen LogP contribution < -0.4 is 0 Å². The molecular weight excluding hydrogens is 316 g/mol. The maximum Gasteiger partial charge on any atom is 0.334 e.